The van der Waals surface area contributed by atoms with Crippen molar-refractivity contribution < 1.29 is 4.39 Å². The standard InChI is InChI=1S/C18H23FN2/c1-3-17(20)12-15-11-16(19)9-10-18(15)21(2)13-14-7-5-4-6-8-14/h4-11,17H,3,12-13,20H2,1-2H3. The smallest absolute Gasteiger partial charge is 0.123 e. The summed E-state index contributed by atoms with van der Waals surface area (Å²) in [6, 6.07) is 15.3. The van der Waals surface area contributed by atoms with E-state index in [0.717, 1.165) is 24.2 Å². The van der Waals surface area contributed by atoms with Crippen molar-refractivity contribution in [3.8, 4) is 0 Å². The number of anilines is 1. The Morgan fingerprint density at radius 1 is 1.14 bits per heavy atom. The summed E-state index contributed by atoms with van der Waals surface area (Å²) >= 11 is 0. The minimum atomic E-state index is -0.204. The van der Waals surface area contributed by atoms with Gasteiger partial charge in [0.1, 0.15) is 5.82 Å². The molecule has 2 aromatic rings. The molecule has 0 aliphatic heterocycles. The van der Waals surface area contributed by atoms with Crippen LogP contribution in [0.1, 0.15) is 24.5 Å². The number of nitrogens with two attached hydrogens (primary N) is 1. The van der Waals surface area contributed by atoms with Crippen LogP contribution in [0, 0.1) is 5.82 Å². The maximum atomic E-state index is 13.5. The third-order valence-corrected chi connectivity index (χ3v) is 3.72. The quantitative estimate of drug-likeness (QED) is 0.876. The van der Waals surface area contributed by atoms with Gasteiger partial charge in [-0.05, 0) is 42.2 Å². The molecule has 0 saturated carbocycles. The molecular weight excluding hydrogens is 263 g/mol. The minimum Gasteiger partial charge on any atom is -0.370 e. The molecule has 0 radical (unpaired) electrons. The second-order valence-electron chi connectivity index (χ2n) is 5.49. The van der Waals surface area contributed by atoms with Gasteiger partial charge < -0.3 is 10.6 Å². The molecule has 112 valence electrons. The lowest BCUT2D eigenvalue weighted by Gasteiger charge is -2.24. The van der Waals surface area contributed by atoms with Gasteiger partial charge in [-0.2, -0.15) is 0 Å². The van der Waals surface area contributed by atoms with Crippen LogP contribution < -0.4 is 10.6 Å². The molecule has 2 nitrogen and oxygen atoms in total. The zero-order valence-corrected chi connectivity index (χ0v) is 12.7. The zero-order valence-electron chi connectivity index (χ0n) is 12.7. The monoisotopic (exact) mass is 286 g/mol. The van der Waals surface area contributed by atoms with Crippen LogP contribution in [-0.2, 0) is 13.0 Å². The third-order valence-electron chi connectivity index (χ3n) is 3.72. The highest BCUT2D eigenvalue weighted by Crippen LogP contribution is 2.24. The van der Waals surface area contributed by atoms with Gasteiger partial charge in [0.2, 0.25) is 0 Å². The van der Waals surface area contributed by atoms with E-state index in [2.05, 4.69) is 24.0 Å². The Bertz CT molecular complexity index is 569. The molecule has 0 fully saturated rings. The molecule has 0 aliphatic rings. The predicted molar refractivity (Wildman–Crippen MR) is 86.9 cm³/mol. The van der Waals surface area contributed by atoms with E-state index in [0.29, 0.717) is 6.42 Å². The molecule has 2 rings (SSSR count). The maximum Gasteiger partial charge on any atom is 0.123 e. The van der Waals surface area contributed by atoms with Gasteiger partial charge in [0.05, 0.1) is 0 Å². The molecule has 0 saturated heterocycles. The van der Waals surface area contributed by atoms with Gasteiger partial charge >= 0.3 is 0 Å². The van der Waals surface area contributed by atoms with E-state index in [1.54, 1.807) is 6.07 Å². The van der Waals surface area contributed by atoms with E-state index in [-0.39, 0.29) is 11.9 Å². The second kappa shape index (κ2) is 7.23. The number of rotatable bonds is 6. The van der Waals surface area contributed by atoms with E-state index in [9.17, 15) is 4.39 Å². The molecular formula is C18H23FN2. The fourth-order valence-corrected chi connectivity index (χ4v) is 2.46. The highest BCUT2D eigenvalue weighted by atomic mass is 19.1. The van der Waals surface area contributed by atoms with Gasteiger partial charge in [0.25, 0.3) is 0 Å². The molecule has 0 amide bonds. The number of halogens is 1. The summed E-state index contributed by atoms with van der Waals surface area (Å²) in [5, 5.41) is 0. The van der Waals surface area contributed by atoms with Crippen molar-refractivity contribution in [1.82, 2.24) is 0 Å². The van der Waals surface area contributed by atoms with Gasteiger partial charge in [0, 0.05) is 25.3 Å². The molecule has 1 unspecified atom stereocenters. The molecule has 3 heteroatoms. The van der Waals surface area contributed by atoms with Crippen LogP contribution >= 0.6 is 0 Å². The molecule has 1 atom stereocenters. The Hall–Kier alpha value is -1.87. The fourth-order valence-electron chi connectivity index (χ4n) is 2.46. The number of hydrogen-bond acceptors (Lipinski definition) is 2. The van der Waals surface area contributed by atoms with Gasteiger partial charge in [0.15, 0.2) is 0 Å². The van der Waals surface area contributed by atoms with Crippen LogP contribution in [0.2, 0.25) is 0 Å². The Morgan fingerprint density at radius 3 is 2.52 bits per heavy atom. The first-order valence-corrected chi connectivity index (χ1v) is 7.39. The Kier molecular flexibility index (Phi) is 5.34. The van der Waals surface area contributed by atoms with Crippen LogP contribution in [-0.4, -0.2) is 13.1 Å². The lowest BCUT2D eigenvalue weighted by molar-refractivity contribution is 0.613. The van der Waals surface area contributed by atoms with Crippen molar-refractivity contribution in [3.05, 3.63) is 65.5 Å². The van der Waals surface area contributed by atoms with E-state index in [4.69, 9.17) is 5.73 Å². The summed E-state index contributed by atoms with van der Waals surface area (Å²) in [6.07, 6.45) is 1.58. The van der Waals surface area contributed by atoms with E-state index < -0.39 is 0 Å². The van der Waals surface area contributed by atoms with Crippen molar-refractivity contribution >= 4 is 5.69 Å². The number of hydrogen-bond donors (Lipinski definition) is 1. The molecule has 0 aromatic heterocycles. The van der Waals surface area contributed by atoms with Crippen molar-refractivity contribution in [1.29, 1.82) is 0 Å². The van der Waals surface area contributed by atoms with Gasteiger partial charge in [-0.15, -0.1) is 0 Å². The highest BCUT2D eigenvalue weighted by Gasteiger charge is 2.12. The van der Waals surface area contributed by atoms with Gasteiger partial charge in [-0.25, -0.2) is 4.39 Å². The summed E-state index contributed by atoms with van der Waals surface area (Å²) in [6.45, 7) is 2.85. The van der Waals surface area contributed by atoms with Crippen molar-refractivity contribution in [2.24, 2.45) is 5.73 Å². The van der Waals surface area contributed by atoms with Crippen LogP contribution in [0.25, 0.3) is 0 Å². The van der Waals surface area contributed by atoms with Gasteiger partial charge in [-0.1, -0.05) is 37.3 Å². The number of benzene rings is 2. The summed E-state index contributed by atoms with van der Waals surface area (Å²) in [4.78, 5) is 2.15. The topological polar surface area (TPSA) is 29.3 Å². The van der Waals surface area contributed by atoms with Crippen molar-refractivity contribution in [2.75, 3.05) is 11.9 Å². The molecule has 0 heterocycles. The SMILES string of the molecule is CCC(N)Cc1cc(F)ccc1N(C)Cc1ccccc1. The van der Waals surface area contributed by atoms with Crippen molar-refractivity contribution in [2.45, 2.75) is 32.4 Å². The van der Waals surface area contributed by atoms with Crippen LogP contribution in [0.5, 0.6) is 0 Å². The van der Waals surface area contributed by atoms with E-state index in [1.165, 1.54) is 11.6 Å². The van der Waals surface area contributed by atoms with Crippen LogP contribution in [0.3, 0.4) is 0 Å². The van der Waals surface area contributed by atoms with E-state index in [1.807, 2.05) is 31.3 Å². The average molecular weight is 286 g/mol. The second-order valence-corrected chi connectivity index (χ2v) is 5.49. The third kappa shape index (κ3) is 4.30. The largest absolute Gasteiger partial charge is 0.370 e. The molecule has 2 aromatic carbocycles. The average Bonchev–Trinajstić information content (AvgIpc) is 2.48. The molecule has 0 aliphatic carbocycles. The Morgan fingerprint density at radius 2 is 1.86 bits per heavy atom. The lowest BCUT2D eigenvalue weighted by atomic mass is 10.0. The Labute approximate surface area is 126 Å². The van der Waals surface area contributed by atoms with E-state index >= 15 is 0 Å². The molecule has 21 heavy (non-hydrogen) atoms. The lowest BCUT2D eigenvalue weighted by Crippen LogP contribution is -2.24. The molecule has 0 bridgehead atoms. The van der Waals surface area contributed by atoms with Crippen LogP contribution in [0.15, 0.2) is 48.5 Å². The first-order chi connectivity index (χ1) is 10.1. The molecule has 2 N–H and O–H groups in total. The minimum absolute atomic E-state index is 0.0654. The highest BCUT2D eigenvalue weighted by molar-refractivity contribution is 5.54. The molecule has 0 spiro atoms. The first-order valence-electron chi connectivity index (χ1n) is 7.39. The van der Waals surface area contributed by atoms with Crippen molar-refractivity contribution in [3.63, 3.8) is 0 Å². The maximum absolute atomic E-state index is 13.5. The van der Waals surface area contributed by atoms with Crippen LogP contribution in [0.4, 0.5) is 10.1 Å². The fraction of sp³-hybridized carbons (Fsp3) is 0.333. The predicted octanol–water partition coefficient (Wildman–Crippen LogP) is 3.74. The normalized spacial score (nSPS) is 12.2. The Balaban J connectivity index is 2.21. The first kappa shape index (κ1) is 15.5. The summed E-state index contributed by atoms with van der Waals surface area (Å²) in [5.74, 6) is -0.204. The number of nitrogens with zero attached hydrogens (tertiary/aromatic N) is 1. The van der Waals surface area contributed by atoms with Gasteiger partial charge in [-0.3, -0.25) is 0 Å². The summed E-state index contributed by atoms with van der Waals surface area (Å²) in [7, 11) is 2.03. The summed E-state index contributed by atoms with van der Waals surface area (Å²) in [5.41, 5.74) is 9.29. The summed E-state index contributed by atoms with van der Waals surface area (Å²) < 4.78 is 13.5. The zero-order chi connectivity index (χ0) is 15.2.